The first kappa shape index (κ1) is 23.3. The maximum absolute atomic E-state index is 6.18. The number of anilines is 1. The normalized spacial score (nSPS) is 19.9. The molecule has 1 heterocycles. The highest BCUT2D eigenvalue weighted by atomic mass is 16.5. The molecule has 3 atom stereocenters. The van der Waals surface area contributed by atoms with Crippen molar-refractivity contribution in [1.82, 2.24) is 0 Å². The molecule has 0 fully saturated rings. The van der Waals surface area contributed by atoms with Crippen LogP contribution in [0.3, 0.4) is 0 Å². The average molecular weight is 485 g/mol. The maximum atomic E-state index is 6.18. The van der Waals surface area contributed by atoms with Crippen LogP contribution in [0.25, 0.3) is 0 Å². The second-order valence-electron chi connectivity index (χ2n) is 10.2. The lowest BCUT2D eigenvalue weighted by atomic mass is 9.77. The summed E-state index contributed by atoms with van der Waals surface area (Å²) in [4.78, 5) is 4.77. The van der Waals surface area contributed by atoms with E-state index < -0.39 is 0 Å². The third-order valence-corrected chi connectivity index (χ3v) is 7.47. The molecule has 0 aromatic heterocycles. The molecule has 4 aromatic rings. The number of fused-ring (bicyclic) bond motifs is 3. The minimum atomic E-state index is 0.298. The van der Waals surface area contributed by atoms with Gasteiger partial charge in [0.25, 0.3) is 0 Å². The van der Waals surface area contributed by atoms with Crippen molar-refractivity contribution in [3.8, 4) is 5.75 Å². The fourth-order valence-corrected chi connectivity index (χ4v) is 5.82. The van der Waals surface area contributed by atoms with Gasteiger partial charge >= 0.3 is 0 Å². The minimum absolute atomic E-state index is 0.298. The van der Waals surface area contributed by atoms with Crippen molar-refractivity contribution in [2.75, 3.05) is 5.32 Å². The number of aliphatic imine (C=N–C) groups is 1. The summed E-state index contributed by atoms with van der Waals surface area (Å²) in [5.41, 5.74) is 9.57. The van der Waals surface area contributed by atoms with Crippen LogP contribution >= 0.6 is 0 Å². The van der Waals surface area contributed by atoms with Crippen molar-refractivity contribution in [1.29, 1.82) is 0 Å². The van der Waals surface area contributed by atoms with Gasteiger partial charge in [-0.05, 0) is 73.2 Å². The van der Waals surface area contributed by atoms with Crippen LogP contribution in [0, 0.1) is 19.8 Å². The summed E-state index contributed by atoms with van der Waals surface area (Å²) in [6.07, 6.45) is 7.73. The van der Waals surface area contributed by atoms with Crippen molar-refractivity contribution in [2.24, 2.45) is 10.9 Å². The van der Waals surface area contributed by atoms with E-state index in [4.69, 9.17) is 9.73 Å². The largest absolute Gasteiger partial charge is 0.488 e. The van der Waals surface area contributed by atoms with E-state index in [1.54, 1.807) is 0 Å². The summed E-state index contributed by atoms with van der Waals surface area (Å²) in [5, 5.41) is 3.81. The Balaban J connectivity index is 1.17. The van der Waals surface area contributed by atoms with Crippen LogP contribution in [0.4, 0.5) is 11.4 Å². The van der Waals surface area contributed by atoms with Crippen molar-refractivity contribution < 1.29 is 4.74 Å². The summed E-state index contributed by atoms with van der Waals surface area (Å²) in [7, 11) is 0. The van der Waals surface area contributed by atoms with Crippen LogP contribution in [-0.4, -0.2) is 6.21 Å². The molecule has 0 unspecified atom stereocenters. The minimum Gasteiger partial charge on any atom is -0.488 e. The first-order valence-electron chi connectivity index (χ1n) is 13.1. The number of para-hydroxylation sites is 2. The Morgan fingerprint density at radius 1 is 0.892 bits per heavy atom. The number of hydrogen-bond donors (Lipinski definition) is 1. The van der Waals surface area contributed by atoms with Gasteiger partial charge in [-0.2, -0.15) is 0 Å². The van der Waals surface area contributed by atoms with Gasteiger partial charge in [0.2, 0.25) is 0 Å². The number of hydrogen-bond acceptors (Lipinski definition) is 3. The van der Waals surface area contributed by atoms with Crippen LogP contribution < -0.4 is 10.1 Å². The van der Waals surface area contributed by atoms with E-state index in [-0.39, 0.29) is 0 Å². The van der Waals surface area contributed by atoms with Crippen LogP contribution in [-0.2, 0) is 6.61 Å². The number of nitrogens with one attached hydrogen (secondary N) is 1. The van der Waals surface area contributed by atoms with Gasteiger partial charge in [-0.25, -0.2) is 0 Å². The highest BCUT2D eigenvalue weighted by molar-refractivity contribution is 5.85. The molecule has 184 valence electrons. The topological polar surface area (TPSA) is 33.6 Å². The Bertz CT molecular complexity index is 1450. The lowest BCUT2D eigenvalue weighted by Crippen LogP contribution is -2.28. The number of ether oxygens (including phenoxy) is 1. The van der Waals surface area contributed by atoms with Gasteiger partial charge < -0.3 is 10.1 Å². The molecule has 3 nitrogen and oxygen atoms in total. The number of rotatable bonds is 6. The van der Waals surface area contributed by atoms with Gasteiger partial charge in [0, 0.05) is 23.4 Å². The van der Waals surface area contributed by atoms with Crippen LogP contribution in [0.2, 0.25) is 0 Å². The molecule has 0 saturated carbocycles. The van der Waals surface area contributed by atoms with Crippen LogP contribution in [0.5, 0.6) is 5.75 Å². The van der Waals surface area contributed by atoms with E-state index in [9.17, 15) is 0 Å². The zero-order valence-electron chi connectivity index (χ0n) is 21.4. The van der Waals surface area contributed by atoms with E-state index in [1.165, 1.54) is 33.5 Å². The predicted molar refractivity (Wildman–Crippen MR) is 153 cm³/mol. The van der Waals surface area contributed by atoms with E-state index in [2.05, 4.69) is 98.0 Å². The smallest absolute Gasteiger partial charge is 0.128 e. The molecule has 0 amide bonds. The van der Waals surface area contributed by atoms with Crippen molar-refractivity contribution >= 4 is 17.6 Å². The Kier molecular flexibility index (Phi) is 6.36. The van der Waals surface area contributed by atoms with Crippen molar-refractivity contribution in [2.45, 2.75) is 38.8 Å². The van der Waals surface area contributed by atoms with Crippen LogP contribution in [0.15, 0.2) is 108 Å². The molecule has 1 aliphatic heterocycles. The molecule has 4 aromatic carbocycles. The molecule has 3 heteroatoms. The number of nitrogens with zero attached hydrogens (tertiary/aromatic N) is 1. The molecule has 6 rings (SSSR count). The lowest BCUT2D eigenvalue weighted by Gasteiger charge is -2.37. The standard InChI is InChI=1S/C34H32N2O/c1-23-18-24(2)20-25(19-23)22-37-33-13-6-3-8-27(33)21-35-28-16-14-26(15-17-28)34-31-11-7-10-29(31)30-9-4-5-12-32(30)36-34/h3-10,12-21,29,31,34,36H,11,22H2,1-2H3/t29-,31+,34-/m0/s1. The molecule has 0 spiro atoms. The summed E-state index contributed by atoms with van der Waals surface area (Å²) >= 11 is 0. The fourth-order valence-electron chi connectivity index (χ4n) is 5.82. The molecule has 1 N–H and O–H groups in total. The number of aryl methyl sites for hydroxylation is 2. The average Bonchev–Trinajstić information content (AvgIpc) is 3.41. The third kappa shape index (κ3) is 4.95. The quantitative estimate of drug-likeness (QED) is 0.220. The Morgan fingerprint density at radius 3 is 2.49 bits per heavy atom. The predicted octanol–water partition coefficient (Wildman–Crippen LogP) is 8.46. The van der Waals surface area contributed by atoms with Gasteiger partial charge in [0.1, 0.15) is 12.4 Å². The van der Waals surface area contributed by atoms with Gasteiger partial charge in [-0.3, -0.25) is 4.99 Å². The molecule has 0 radical (unpaired) electrons. The van der Waals surface area contributed by atoms with E-state index in [1.807, 2.05) is 30.5 Å². The zero-order valence-corrected chi connectivity index (χ0v) is 21.4. The molecular weight excluding hydrogens is 452 g/mol. The molecular formula is C34H32N2O. The second-order valence-corrected chi connectivity index (χ2v) is 10.2. The summed E-state index contributed by atoms with van der Waals surface area (Å²) < 4.78 is 6.18. The number of benzene rings is 4. The molecule has 0 bridgehead atoms. The van der Waals surface area contributed by atoms with Gasteiger partial charge in [-0.1, -0.05) is 83.9 Å². The first-order chi connectivity index (χ1) is 18.1. The highest BCUT2D eigenvalue weighted by Gasteiger charge is 2.37. The van der Waals surface area contributed by atoms with E-state index in [0.717, 1.165) is 23.4 Å². The fraction of sp³-hybridized carbons (Fsp3) is 0.206. The summed E-state index contributed by atoms with van der Waals surface area (Å²) in [6, 6.07) is 32.3. The highest BCUT2D eigenvalue weighted by Crippen LogP contribution is 2.49. The van der Waals surface area contributed by atoms with Crippen LogP contribution in [0.1, 0.15) is 51.8 Å². The monoisotopic (exact) mass is 484 g/mol. The van der Waals surface area contributed by atoms with Gasteiger partial charge in [-0.15, -0.1) is 0 Å². The molecule has 37 heavy (non-hydrogen) atoms. The Hall–Kier alpha value is -4.11. The maximum Gasteiger partial charge on any atom is 0.128 e. The Labute approximate surface area is 219 Å². The van der Waals surface area contributed by atoms with Crippen molar-refractivity contribution in [3.05, 3.63) is 137 Å². The van der Waals surface area contributed by atoms with Gasteiger partial charge in [0.05, 0.1) is 11.7 Å². The second kappa shape index (κ2) is 10.1. The number of allylic oxidation sites excluding steroid dienone is 2. The van der Waals surface area contributed by atoms with Crippen molar-refractivity contribution in [3.63, 3.8) is 0 Å². The third-order valence-electron chi connectivity index (χ3n) is 7.47. The van der Waals surface area contributed by atoms with E-state index >= 15 is 0 Å². The molecule has 0 saturated heterocycles. The van der Waals surface area contributed by atoms with Gasteiger partial charge in [0.15, 0.2) is 0 Å². The van der Waals surface area contributed by atoms with E-state index in [0.29, 0.717) is 24.5 Å². The molecule has 1 aliphatic carbocycles. The Morgan fingerprint density at radius 2 is 1.65 bits per heavy atom. The summed E-state index contributed by atoms with van der Waals surface area (Å²) in [6.45, 7) is 4.78. The lowest BCUT2D eigenvalue weighted by molar-refractivity contribution is 0.305. The zero-order chi connectivity index (χ0) is 25.2. The first-order valence-corrected chi connectivity index (χ1v) is 13.1. The summed E-state index contributed by atoms with van der Waals surface area (Å²) in [5.74, 6) is 1.87. The molecule has 2 aliphatic rings. The SMILES string of the molecule is Cc1cc(C)cc(COc2ccccc2C=Nc2ccc([C@@H]3Nc4ccccc4[C@@H]4C=CC[C@H]43)cc2)c1.